The number of aliphatic hydroxyl groups is 1. The highest BCUT2D eigenvalue weighted by Crippen LogP contribution is 2.47. The van der Waals surface area contributed by atoms with E-state index in [9.17, 15) is 5.11 Å². The van der Waals surface area contributed by atoms with Gasteiger partial charge in [0.2, 0.25) is 0 Å². The molecule has 2 aromatic heterocycles. The van der Waals surface area contributed by atoms with Crippen molar-refractivity contribution in [1.29, 1.82) is 0 Å². The summed E-state index contributed by atoms with van der Waals surface area (Å²) in [5.74, 6) is 1.13. The van der Waals surface area contributed by atoms with Gasteiger partial charge in [-0.15, -0.1) is 6.58 Å². The quantitative estimate of drug-likeness (QED) is 0.498. The molecule has 5 heteroatoms. The van der Waals surface area contributed by atoms with E-state index in [1.54, 1.807) is 0 Å². The molecule has 3 fully saturated rings. The summed E-state index contributed by atoms with van der Waals surface area (Å²) in [5, 5.41) is 12.7. The van der Waals surface area contributed by atoms with Crippen LogP contribution < -0.4 is 12.4 Å². The second-order valence-corrected chi connectivity index (χ2v) is 8.72. The van der Waals surface area contributed by atoms with Crippen molar-refractivity contribution in [2.45, 2.75) is 31.5 Å². The number of pyridine rings is 2. The molecule has 5 atom stereocenters. The minimum Gasteiger partial charge on any atom is -1.00 e. The van der Waals surface area contributed by atoms with Crippen molar-refractivity contribution >= 4 is 10.9 Å². The highest BCUT2D eigenvalue weighted by atomic mass is 35.5. The first-order valence-electron chi connectivity index (χ1n) is 10.6. The molecule has 5 heterocycles. The maximum atomic E-state index is 11.7. The van der Waals surface area contributed by atoms with Crippen molar-refractivity contribution in [2.24, 2.45) is 11.8 Å². The Morgan fingerprint density at radius 1 is 1.10 bits per heavy atom. The van der Waals surface area contributed by atoms with Crippen LogP contribution in [0.4, 0.5) is 0 Å². The Morgan fingerprint density at radius 3 is 2.73 bits per heavy atom. The minimum absolute atomic E-state index is 0. The molecule has 4 unspecified atom stereocenters. The standard InChI is InChI=1S/C25H28N3O.ClH/c1-2-18-16-28(17-20-7-5-6-12-26-20)14-11-19(18)15-24(28)25(29)22-10-13-27-23-9-4-3-8-21(22)23;/h2-10,12-13,18-19,24-25,29H,1,11,14-17H2;1H/q+1;/p-1/t18?,19?,24?,25-,28?;/m1./s1. The number of aromatic nitrogens is 2. The van der Waals surface area contributed by atoms with E-state index in [0.717, 1.165) is 52.7 Å². The molecule has 0 aliphatic carbocycles. The molecule has 3 aliphatic rings. The summed E-state index contributed by atoms with van der Waals surface area (Å²) in [7, 11) is 0. The van der Waals surface area contributed by atoms with Gasteiger partial charge in [0.1, 0.15) is 18.7 Å². The topological polar surface area (TPSA) is 46.0 Å². The van der Waals surface area contributed by atoms with E-state index in [4.69, 9.17) is 0 Å². The van der Waals surface area contributed by atoms with Gasteiger partial charge in [0, 0.05) is 36.5 Å². The third-order valence-electron chi connectivity index (χ3n) is 7.24. The molecule has 1 aromatic carbocycles. The number of rotatable bonds is 5. The summed E-state index contributed by atoms with van der Waals surface area (Å²) in [6.45, 7) is 7.11. The molecule has 156 valence electrons. The highest BCUT2D eigenvalue weighted by Gasteiger charge is 2.54. The molecule has 0 spiro atoms. The predicted molar refractivity (Wildman–Crippen MR) is 115 cm³/mol. The van der Waals surface area contributed by atoms with E-state index >= 15 is 0 Å². The van der Waals surface area contributed by atoms with Gasteiger partial charge in [0.15, 0.2) is 0 Å². The number of benzene rings is 1. The Hall–Kier alpha value is -2.27. The maximum absolute atomic E-state index is 11.7. The monoisotopic (exact) mass is 421 g/mol. The average Bonchev–Trinajstić information content (AvgIpc) is 2.78. The molecule has 4 nitrogen and oxygen atoms in total. The van der Waals surface area contributed by atoms with Crippen LogP contribution in [0.5, 0.6) is 0 Å². The summed E-state index contributed by atoms with van der Waals surface area (Å²) < 4.78 is 0.891. The van der Waals surface area contributed by atoms with Gasteiger partial charge in [-0.25, -0.2) is 0 Å². The number of quaternary nitrogens is 1. The molecule has 6 rings (SSSR count). The smallest absolute Gasteiger partial charge is 0.131 e. The fraction of sp³-hybridized carbons (Fsp3) is 0.360. The van der Waals surface area contributed by atoms with E-state index in [0.29, 0.717) is 11.8 Å². The van der Waals surface area contributed by atoms with Crippen LogP contribution in [0.25, 0.3) is 10.9 Å². The van der Waals surface area contributed by atoms with Gasteiger partial charge in [-0.05, 0) is 35.7 Å². The van der Waals surface area contributed by atoms with Gasteiger partial charge in [-0.2, -0.15) is 0 Å². The van der Waals surface area contributed by atoms with E-state index in [1.807, 2.05) is 42.7 Å². The van der Waals surface area contributed by atoms with Gasteiger partial charge < -0.3 is 22.0 Å². The number of nitrogens with zero attached hydrogens (tertiary/aromatic N) is 3. The molecular formula is C25H28ClN3O. The number of fused-ring (bicyclic) bond motifs is 4. The summed E-state index contributed by atoms with van der Waals surface area (Å²) in [6, 6.07) is 16.4. The summed E-state index contributed by atoms with van der Waals surface area (Å²) in [5.41, 5.74) is 3.05. The van der Waals surface area contributed by atoms with E-state index in [2.05, 4.69) is 40.8 Å². The third-order valence-corrected chi connectivity index (χ3v) is 7.24. The number of halogens is 1. The molecule has 3 saturated heterocycles. The van der Waals surface area contributed by atoms with Crippen LogP contribution in [-0.2, 0) is 6.54 Å². The zero-order chi connectivity index (χ0) is 19.8. The number of hydrogen-bond donors (Lipinski definition) is 1. The van der Waals surface area contributed by atoms with Crippen LogP contribution in [0.15, 0.2) is 73.6 Å². The van der Waals surface area contributed by atoms with Crippen LogP contribution in [0.2, 0.25) is 0 Å². The lowest BCUT2D eigenvalue weighted by atomic mass is 9.71. The van der Waals surface area contributed by atoms with Crippen molar-refractivity contribution < 1.29 is 22.0 Å². The Balaban J connectivity index is 0.00000218. The molecular weight excluding hydrogens is 394 g/mol. The molecule has 3 aromatic rings. The molecule has 2 bridgehead atoms. The van der Waals surface area contributed by atoms with Gasteiger partial charge >= 0.3 is 0 Å². The second kappa shape index (κ2) is 8.46. The Labute approximate surface area is 184 Å². The zero-order valence-corrected chi connectivity index (χ0v) is 17.8. The van der Waals surface area contributed by atoms with Gasteiger partial charge in [0.25, 0.3) is 0 Å². The Morgan fingerprint density at radius 2 is 1.93 bits per heavy atom. The van der Waals surface area contributed by atoms with Gasteiger partial charge in [0.05, 0.1) is 24.3 Å². The van der Waals surface area contributed by atoms with Crippen LogP contribution in [-0.4, -0.2) is 38.7 Å². The normalized spacial score (nSPS) is 28.6. The number of piperidine rings is 3. The van der Waals surface area contributed by atoms with Crippen molar-refractivity contribution in [3.63, 3.8) is 0 Å². The average molecular weight is 422 g/mol. The first-order chi connectivity index (χ1) is 14.2. The SMILES string of the molecule is C=CC1C[N+]2(Cc3ccccn3)CCC1CC2[C@H](O)c1ccnc2ccccc12.[Cl-]. The minimum atomic E-state index is -0.514. The first kappa shape index (κ1) is 21.0. The predicted octanol–water partition coefficient (Wildman–Crippen LogP) is 1.28. The van der Waals surface area contributed by atoms with Crippen LogP contribution in [0, 0.1) is 11.8 Å². The molecule has 3 aliphatic heterocycles. The van der Waals surface area contributed by atoms with E-state index in [1.165, 1.54) is 6.42 Å². The molecule has 0 saturated carbocycles. The fourth-order valence-electron chi connectivity index (χ4n) is 5.78. The number of para-hydroxylation sites is 1. The lowest BCUT2D eigenvalue weighted by molar-refractivity contribution is -0.985. The molecule has 0 radical (unpaired) electrons. The third kappa shape index (κ3) is 3.53. The zero-order valence-electron chi connectivity index (χ0n) is 17.1. The van der Waals surface area contributed by atoms with Crippen LogP contribution in [0.3, 0.4) is 0 Å². The van der Waals surface area contributed by atoms with Crippen LogP contribution >= 0.6 is 0 Å². The highest BCUT2D eigenvalue weighted by molar-refractivity contribution is 5.82. The van der Waals surface area contributed by atoms with E-state index < -0.39 is 6.10 Å². The molecule has 30 heavy (non-hydrogen) atoms. The van der Waals surface area contributed by atoms with Crippen molar-refractivity contribution in [3.05, 3.63) is 84.8 Å². The van der Waals surface area contributed by atoms with Crippen molar-refractivity contribution in [2.75, 3.05) is 13.1 Å². The lowest BCUT2D eigenvalue weighted by Crippen LogP contribution is -3.00. The maximum Gasteiger partial charge on any atom is 0.131 e. The van der Waals surface area contributed by atoms with E-state index in [-0.39, 0.29) is 18.4 Å². The first-order valence-corrected chi connectivity index (χ1v) is 10.6. The van der Waals surface area contributed by atoms with Gasteiger partial charge in [-0.3, -0.25) is 9.97 Å². The summed E-state index contributed by atoms with van der Waals surface area (Å²) >= 11 is 0. The number of hydrogen-bond acceptors (Lipinski definition) is 3. The molecule has 0 amide bonds. The van der Waals surface area contributed by atoms with Gasteiger partial charge in [-0.1, -0.05) is 30.3 Å². The lowest BCUT2D eigenvalue weighted by Gasteiger charge is -2.58. The van der Waals surface area contributed by atoms with Crippen LogP contribution in [0.1, 0.15) is 30.2 Å². The van der Waals surface area contributed by atoms with Crippen molar-refractivity contribution in [1.82, 2.24) is 9.97 Å². The Kier molecular flexibility index (Phi) is 5.92. The second-order valence-electron chi connectivity index (χ2n) is 8.72. The van der Waals surface area contributed by atoms with Crippen molar-refractivity contribution in [3.8, 4) is 0 Å². The summed E-state index contributed by atoms with van der Waals surface area (Å²) in [6.07, 6.45) is 7.55. The molecule has 1 N–H and O–H groups in total. The largest absolute Gasteiger partial charge is 1.00 e. The Bertz CT molecular complexity index is 1020. The summed E-state index contributed by atoms with van der Waals surface area (Å²) in [4.78, 5) is 9.11. The fourth-order valence-corrected chi connectivity index (χ4v) is 5.78. The number of aliphatic hydroxyl groups excluding tert-OH is 1.